The second kappa shape index (κ2) is 4.31. The molecule has 1 aromatic carbocycles. The predicted molar refractivity (Wildman–Crippen MR) is 56.0 cm³/mol. The average molecular weight is 208 g/mol. The Morgan fingerprint density at radius 2 is 2.20 bits per heavy atom. The van der Waals surface area contributed by atoms with Crippen LogP contribution in [0.4, 0.5) is 0 Å². The third-order valence-corrected chi connectivity index (χ3v) is 2.56. The van der Waals surface area contributed by atoms with Crippen LogP contribution in [0.2, 0.25) is 0 Å². The van der Waals surface area contributed by atoms with Crippen molar-refractivity contribution in [3.8, 4) is 0 Å². The number of ether oxygens (including phenoxy) is 2. The Morgan fingerprint density at radius 3 is 2.80 bits per heavy atom. The third kappa shape index (κ3) is 2.78. The van der Waals surface area contributed by atoms with E-state index in [0.717, 1.165) is 12.0 Å². The topological polar surface area (TPSA) is 38.7 Å². The Morgan fingerprint density at radius 1 is 1.47 bits per heavy atom. The highest BCUT2D eigenvalue weighted by atomic mass is 16.8. The lowest BCUT2D eigenvalue weighted by Gasteiger charge is -2.22. The molecule has 1 aromatic rings. The molecule has 15 heavy (non-hydrogen) atoms. The van der Waals surface area contributed by atoms with Crippen LogP contribution in [0, 0.1) is 0 Å². The molecule has 1 fully saturated rings. The summed E-state index contributed by atoms with van der Waals surface area (Å²) in [6.45, 7) is 2.31. The van der Waals surface area contributed by atoms with Gasteiger partial charge in [0.2, 0.25) is 0 Å². The van der Waals surface area contributed by atoms with Crippen molar-refractivity contribution >= 4 is 0 Å². The molecule has 0 radical (unpaired) electrons. The standard InChI is InChI=1S/C12H16O3/c1-10-7-8-12(13,15-10)14-9-11-5-3-2-4-6-11/h2-6,10,13H,7-9H2,1H3. The Labute approximate surface area is 89.6 Å². The molecule has 1 heterocycles. The predicted octanol–water partition coefficient (Wildman–Crippen LogP) is 2.05. The molecule has 2 rings (SSSR count). The minimum absolute atomic E-state index is 0.0748. The van der Waals surface area contributed by atoms with E-state index in [1.165, 1.54) is 0 Å². The third-order valence-electron chi connectivity index (χ3n) is 2.56. The molecule has 2 atom stereocenters. The van der Waals surface area contributed by atoms with Gasteiger partial charge in [-0.05, 0) is 18.9 Å². The highest BCUT2D eigenvalue weighted by Crippen LogP contribution is 2.29. The van der Waals surface area contributed by atoms with Crippen LogP contribution >= 0.6 is 0 Å². The summed E-state index contributed by atoms with van der Waals surface area (Å²) >= 11 is 0. The fourth-order valence-corrected chi connectivity index (χ4v) is 1.69. The Hall–Kier alpha value is -0.900. The number of hydrogen-bond acceptors (Lipinski definition) is 3. The molecule has 2 unspecified atom stereocenters. The van der Waals surface area contributed by atoms with E-state index in [1.54, 1.807) is 0 Å². The first kappa shape index (κ1) is 10.6. The number of benzene rings is 1. The molecule has 0 spiro atoms. The van der Waals surface area contributed by atoms with Crippen LogP contribution in [0.1, 0.15) is 25.3 Å². The van der Waals surface area contributed by atoms with Crippen LogP contribution in [0.25, 0.3) is 0 Å². The summed E-state index contributed by atoms with van der Waals surface area (Å²) in [6, 6.07) is 9.76. The van der Waals surface area contributed by atoms with Crippen molar-refractivity contribution in [2.45, 2.75) is 38.4 Å². The first-order valence-electron chi connectivity index (χ1n) is 5.26. The van der Waals surface area contributed by atoms with E-state index >= 15 is 0 Å². The van der Waals surface area contributed by atoms with Gasteiger partial charge in [-0.15, -0.1) is 0 Å². The van der Waals surface area contributed by atoms with Crippen molar-refractivity contribution in [1.82, 2.24) is 0 Å². The largest absolute Gasteiger partial charge is 0.343 e. The van der Waals surface area contributed by atoms with Crippen molar-refractivity contribution in [2.24, 2.45) is 0 Å². The summed E-state index contributed by atoms with van der Waals surface area (Å²) in [4.78, 5) is 0. The van der Waals surface area contributed by atoms with Crippen LogP contribution in [-0.2, 0) is 16.1 Å². The van der Waals surface area contributed by atoms with E-state index in [-0.39, 0.29) is 6.10 Å². The second-order valence-electron chi connectivity index (χ2n) is 3.95. The van der Waals surface area contributed by atoms with E-state index < -0.39 is 5.97 Å². The van der Waals surface area contributed by atoms with Gasteiger partial charge < -0.3 is 14.6 Å². The zero-order valence-electron chi connectivity index (χ0n) is 8.85. The van der Waals surface area contributed by atoms with Gasteiger partial charge in [-0.3, -0.25) is 0 Å². The summed E-state index contributed by atoms with van der Waals surface area (Å²) in [5, 5.41) is 9.88. The summed E-state index contributed by atoms with van der Waals surface area (Å²) in [7, 11) is 0. The lowest BCUT2D eigenvalue weighted by molar-refractivity contribution is -0.352. The van der Waals surface area contributed by atoms with Gasteiger partial charge in [0.05, 0.1) is 12.7 Å². The normalized spacial score (nSPS) is 30.7. The van der Waals surface area contributed by atoms with Crippen molar-refractivity contribution in [3.63, 3.8) is 0 Å². The van der Waals surface area contributed by atoms with E-state index in [2.05, 4.69) is 0 Å². The highest BCUT2D eigenvalue weighted by Gasteiger charge is 2.37. The van der Waals surface area contributed by atoms with Gasteiger partial charge in [0, 0.05) is 6.42 Å². The Balaban J connectivity index is 1.88. The van der Waals surface area contributed by atoms with E-state index in [1.807, 2.05) is 37.3 Å². The Bertz CT molecular complexity index is 312. The molecular weight excluding hydrogens is 192 g/mol. The molecule has 3 nitrogen and oxygen atoms in total. The van der Waals surface area contributed by atoms with Gasteiger partial charge in [-0.2, -0.15) is 0 Å². The smallest absolute Gasteiger partial charge is 0.281 e. The van der Waals surface area contributed by atoms with Gasteiger partial charge in [0.1, 0.15) is 0 Å². The lowest BCUT2D eigenvalue weighted by Crippen LogP contribution is -2.31. The van der Waals surface area contributed by atoms with E-state index in [4.69, 9.17) is 9.47 Å². The highest BCUT2D eigenvalue weighted by molar-refractivity contribution is 5.13. The molecule has 0 amide bonds. The molecule has 0 aromatic heterocycles. The minimum atomic E-state index is -1.38. The molecule has 3 heteroatoms. The van der Waals surface area contributed by atoms with Gasteiger partial charge in [-0.1, -0.05) is 30.3 Å². The summed E-state index contributed by atoms with van der Waals surface area (Å²) in [5.41, 5.74) is 1.04. The zero-order valence-corrected chi connectivity index (χ0v) is 8.85. The fraction of sp³-hybridized carbons (Fsp3) is 0.500. The number of aliphatic hydroxyl groups is 1. The summed E-state index contributed by atoms with van der Waals surface area (Å²) in [5.74, 6) is -1.38. The van der Waals surface area contributed by atoms with Crippen molar-refractivity contribution < 1.29 is 14.6 Å². The van der Waals surface area contributed by atoms with Crippen molar-refractivity contribution in [1.29, 1.82) is 0 Å². The number of rotatable bonds is 3. The summed E-state index contributed by atoms with van der Waals surface area (Å²) in [6.07, 6.45) is 1.46. The molecular formula is C12H16O3. The molecule has 1 aliphatic heterocycles. The number of hydrogen-bond donors (Lipinski definition) is 1. The fourth-order valence-electron chi connectivity index (χ4n) is 1.69. The molecule has 0 bridgehead atoms. The van der Waals surface area contributed by atoms with Gasteiger partial charge in [-0.25, -0.2) is 0 Å². The van der Waals surface area contributed by atoms with Gasteiger partial charge in [0.15, 0.2) is 0 Å². The summed E-state index contributed by atoms with van der Waals surface area (Å²) < 4.78 is 10.7. The molecule has 1 saturated heterocycles. The molecule has 1 aliphatic rings. The molecule has 0 aliphatic carbocycles. The van der Waals surface area contributed by atoms with Gasteiger partial charge in [0.25, 0.3) is 5.97 Å². The zero-order chi connectivity index (χ0) is 10.7. The van der Waals surface area contributed by atoms with Crippen LogP contribution in [0.5, 0.6) is 0 Å². The van der Waals surface area contributed by atoms with E-state index in [9.17, 15) is 5.11 Å². The maximum Gasteiger partial charge on any atom is 0.281 e. The Kier molecular flexibility index (Phi) is 3.05. The van der Waals surface area contributed by atoms with E-state index in [0.29, 0.717) is 13.0 Å². The molecule has 82 valence electrons. The molecule has 0 saturated carbocycles. The molecule has 1 N–H and O–H groups in total. The van der Waals surface area contributed by atoms with Crippen molar-refractivity contribution in [3.05, 3.63) is 35.9 Å². The van der Waals surface area contributed by atoms with Crippen LogP contribution in [0.3, 0.4) is 0 Å². The first-order valence-corrected chi connectivity index (χ1v) is 5.26. The quantitative estimate of drug-likeness (QED) is 0.773. The SMILES string of the molecule is CC1CCC(O)(OCc2ccccc2)O1. The minimum Gasteiger partial charge on any atom is -0.343 e. The average Bonchev–Trinajstić information content (AvgIpc) is 2.58. The maximum absolute atomic E-state index is 9.88. The lowest BCUT2D eigenvalue weighted by atomic mass is 10.2. The maximum atomic E-state index is 9.88. The second-order valence-corrected chi connectivity index (χ2v) is 3.95. The van der Waals surface area contributed by atoms with Crippen LogP contribution in [-0.4, -0.2) is 17.2 Å². The monoisotopic (exact) mass is 208 g/mol. The van der Waals surface area contributed by atoms with Crippen molar-refractivity contribution in [2.75, 3.05) is 0 Å². The first-order chi connectivity index (χ1) is 7.18. The van der Waals surface area contributed by atoms with Crippen LogP contribution < -0.4 is 0 Å². The van der Waals surface area contributed by atoms with Crippen LogP contribution in [0.15, 0.2) is 30.3 Å². The van der Waals surface area contributed by atoms with Gasteiger partial charge >= 0.3 is 0 Å².